The van der Waals surface area contributed by atoms with Crippen LogP contribution in [0.4, 0.5) is 5.69 Å². The number of amides is 1. The molecule has 0 saturated carbocycles. The molecule has 0 unspecified atom stereocenters. The number of anilines is 1. The van der Waals surface area contributed by atoms with Gasteiger partial charge in [-0.15, -0.1) is 0 Å². The van der Waals surface area contributed by atoms with Crippen LogP contribution in [0.25, 0.3) is 0 Å². The highest BCUT2D eigenvalue weighted by molar-refractivity contribution is 6.52. The summed E-state index contributed by atoms with van der Waals surface area (Å²) in [6, 6.07) is 4.73. The molecule has 1 aromatic carbocycles. The Morgan fingerprint density at radius 3 is 2.70 bits per heavy atom. The highest BCUT2D eigenvalue weighted by Gasteiger charge is 2.36. The summed E-state index contributed by atoms with van der Waals surface area (Å²) >= 11 is 0. The molecule has 1 amide bonds. The molecule has 6 heteroatoms. The molecule has 20 heavy (non-hydrogen) atoms. The van der Waals surface area contributed by atoms with Gasteiger partial charge in [0.05, 0.1) is 18.4 Å². The number of ether oxygens (including phenoxy) is 1. The second kappa shape index (κ2) is 5.16. The van der Waals surface area contributed by atoms with Crippen molar-refractivity contribution in [2.75, 3.05) is 18.6 Å². The first kappa shape index (κ1) is 13.8. The average Bonchev–Trinajstić information content (AvgIpc) is 2.62. The van der Waals surface area contributed by atoms with Crippen molar-refractivity contribution in [1.29, 1.82) is 0 Å². The first-order valence-corrected chi connectivity index (χ1v) is 5.88. The van der Waals surface area contributed by atoms with Crippen molar-refractivity contribution in [1.82, 2.24) is 0 Å². The van der Waals surface area contributed by atoms with E-state index >= 15 is 0 Å². The molecular formula is C14H13NO5. The molecule has 0 aliphatic carbocycles. The molecule has 1 aromatic rings. The number of hydrogen-bond donors (Lipinski definition) is 1. The van der Waals surface area contributed by atoms with Crippen molar-refractivity contribution in [3.8, 4) is 5.75 Å². The highest BCUT2D eigenvalue weighted by Crippen LogP contribution is 2.32. The van der Waals surface area contributed by atoms with Gasteiger partial charge in [0.2, 0.25) is 0 Å². The SMILES string of the molecule is COc1ccc2c(c1)N(CC(C)=CC(=O)O)C(=O)C2=O. The van der Waals surface area contributed by atoms with Crippen LogP contribution in [-0.2, 0) is 9.59 Å². The van der Waals surface area contributed by atoms with E-state index in [9.17, 15) is 14.4 Å². The summed E-state index contributed by atoms with van der Waals surface area (Å²) in [7, 11) is 1.49. The first-order valence-electron chi connectivity index (χ1n) is 5.88. The fourth-order valence-electron chi connectivity index (χ4n) is 2.06. The Morgan fingerprint density at radius 2 is 2.10 bits per heavy atom. The van der Waals surface area contributed by atoms with E-state index in [2.05, 4.69) is 0 Å². The van der Waals surface area contributed by atoms with Gasteiger partial charge >= 0.3 is 5.97 Å². The predicted molar refractivity (Wildman–Crippen MR) is 71.1 cm³/mol. The predicted octanol–water partition coefficient (Wildman–Crippen LogP) is 1.26. The third-order valence-corrected chi connectivity index (χ3v) is 2.96. The number of carbonyl (C=O) groups excluding carboxylic acids is 2. The minimum Gasteiger partial charge on any atom is -0.497 e. The van der Waals surface area contributed by atoms with E-state index in [1.807, 2.05) is 0 Å². The van der Waals surface area contributed by atoms with Crippen LogP contribution in [0.1, 0.15) is 17.3 Å². The van der Waals surface area contributed by atoms with E-state index in [1.165, 1.54) is 18.1 Å². The maximum atomic E-state index is 11.9. The zero-order valence-corrected chi connectivity index (χ0v) is 11.0. The number of Topliss-reactive ketones (excluding diaryl/α,β-unsaturated/α-hetero) is 1. The Balaban J connectivity index is 2.39. The van der Waals surface area contributed by atoms with Gasteiger partial charge in [0.1, 0.15) is 5.75 Å². The maximum absolute atomic E-state index is 11.9. The van der Waals surface area contributed by atoms with Gasteiger partial charge in [0.25, 0.3) is 11.7 Å². The summed E-state index contributed by atoms with van der Waals surface area (Å²) in [5.74, 6) is -1.82. The lowest BCUT2D eigenvalue weighted by Gasteiger charge is -2.17. The summed E-state index contributed by atoms with van der Waals surface area (Å²) in [5.41, 5.74) is 1.21. The van der Waals surface area contributed by atoms with Crippen LogP contribution in [0.15, 0.2) is 29.8 Å². The van der Waals surface area contributed by atoms with Crippen molar-refractivity contribution in [3.63, 3.8) is 0 Å². The molecule has 6 nitrogen and oxygen atoms in total. The standard InChI is InChI=1S/C14H13NO5/c1-8(5-12(16)17)7-15-11-6-9(20-2)3-4-10(11)13(18)14(15)19/h3-6H,7H2,1-2H3,(H,16,17). The van der Waals surface area contributed by atoms with Gasteiger partial charge in [-0.05, 0) is 24.6 Å². The number of benzene rings is 1. The van der Waals surface area contributed by atoms with E-state index in [0.717, 1.165) is 6.08 Å². The summed E-state index contributed by atoms with van der Waals surface area (Å²) < 4.78 is 5.07. The van der Waals surface area contributed by atoms with E-state index in [0.29, 0.717) is 22.6 Å². The van der Waals surface area contributed by atoms with Crippen molar-refractivity contribution in [3.05, 3.63) is 35.4 Å². The number of hydrogen-bond acceptors (Lipinski definition) is 4. The first-order chi connectivity index (χ1) is 9.43. The van der Waals surface area contributed by atoms with Gasteiger partial charge < -0.3 is 14.7 Å². The van der Waals surface area contributed by atoms with Gasteiger partial charge in [-0.1, -0.05) is 0 Å². The Labute approximate surface area is 115 Å². The minimum atomic E-state index is -1.09. The highest BCUT2D eigenvalue weighted by atomic mass is 16.5. The number of rotatable bonds is 4. The van der Waals surface area contributed by atoms with Crippen molar-refractivity contribution >= 4 is 23.3 Å². The zero-order chi connectivity index (χ0) is 14.9. The van der Waals surface area contributed by atoms with E-state index < -0.39 is 17.7 Å². The Bertz CT molecular complexity index is 632. The fraction of sp³-hybridized carbons (Fsp3) is 0.214. The van der Waals surface area contributed by atoms with Gasteiger partial charge in [-0.3, -0.25) is 9.59 Å². The molecular weight excluding hydrogens is 262 g/mol. The number of fused-ring (bicyclic) bond motifs is 1. The largest absolute Gasteiger partial charge is 0.497 e. The molecule has 1 aliphatic rings. The lowest BCUT2D eigenvalue weighted by Crippen LogP contribution is -2.31. The van der Waals surface area contributed by atoms with E-state index in [1.54, 1.807) is 19.1 Å². The van der Waals surface area contributed by atoms with Crippen molar-refractivity contribution in [2.24, 2.45) is 0 Å². The van der Waals surface area contributed by atoms with E-state index in [-0.39, 0.29) is 6.54 Å². The van der Waals surface area contributed by atoms with Crippen LogP contribution in [-0.4, -0.2) is 36.4 Å². The number of carboxylic acids is 1. The quantitative estimate of drug-likeness (QED) is 0.660. The summed E-state index contributed by atoms with van der Waals surface area (Å²) in [6.07, 6.45) is 1.01. The van der Waals surface area contributed by atoms with Crippen LogP contribution in [0.3, 0.4) is 0 Å². The third kappa shape index (κ3) is 2.40. The molecule has 0 spiro atoms. The molecule has 104 valence electrons. The summed E-state index contributed by atoms with van der Waals surface area (Å²) in [4.78, 5) is 35.7. The molecule has 1 heterocycles. The number of aliphatic carboxylic acids is 1. The molecule has 0 fully saturated rings. The number of carboxylic acid groups (broad SMARTS) is 1. The maximum Gasteiger partial charge on any atom is 0.328 e. The summed E-state index contributed by atoms with van der Waals surface area (Å²) in [6.45, 7) is 1.64. The number of nitrogens with zero attached hydrogens (tertiary/aromatic N) is 1. The molecule has 0 bridgehead atoms. The zero-order valence-electron chi connectivity index (χ0n) is 11.0. The van der Waals surface area contributed by atoms with Crippen LogP contribution >= 0.6 is 0 Å². The molecule has 1 aliphatic heterocycles. The Morgan fingerprint density at radius 1 is 1.40 bits per heavy atom. The fourth-order valence-corrected chi connectivity index (χ4v) is 2.06. The average molecular weight is 275 g/mol. The number of methoxy groups -OCH3 is 1. The second-order valence-electron chi connectivity index (χ2n) is 4.43. The Hall–Kier alpha value is -2.63. The lowest BCUT2D eigenvalue weighted by molar-refractivity contribution is -0.131. The van der Waals surface area contributed by atoms with Crippen molar-refractivity contribution < 1.29 is 24.2 Å². The van der Waals surface area contributed by atoms with Gasteiger partial charge in [0.15, 0.2) is 0 Å². The van der Waals surface area contributed by atoms with Gasteiger partial charge in [-0.25, -0.2) is 4.79 Å². The smallest absolute Gasteiger partial charge is 0.328 e. The number of carbonyl (C=O) groups is 3. The number of ketones is 1. The normalized spacial score (nSPS) is 14.5. The topological polar surface area (TPSA) is 83.9 Å². The van der Waals surface area contributed by atoms with E-state index in [4.69, 9.17) is 9.84 Å². The van der Waals surface area contributed by atoms with Crippen LogP contribution in [0.5, 0.6) is 5.75 Å². The molecule has 2 rings (SSSR count). The Kier molecular flexibility index (Phi) is 3.56. The summed E-state index contributed by atoms with van der Waals surface area (Å²) in [5, 5.41) is 8.69. The minimum absolute atomic E-state index is 0.0526. The van der Waals surface area contributed by atoms with Gasteiger partial charge in [0, 0.05) is 18.7 Å². The van der Waals surface area contributed by atoms with Crippen LogP contribution < -0.4 is 9.64 Å². The molecule has 0 aromatic heterocycles. The third-order valence-electron chi connectivity index (χ3n) is 2.96. The molecule has 0 radical (unpaired) electrons. The monoisotopic (exact) mass is 275 g/mol. The van der Waals surface area contributed by atoms with Crippen LogP contribution in [0, 0.1) is 0 Å². The molecule has 0 atom stereocenters. The van der Waals surface area contributed by atoms with Crippen LogP contribution in [0.2, 0.25) is 0 Å². The molecule has 1 N–H and O–H groups in total. The second-order valence-corrected chi connectivity index (χ2v) is 4.43. The van der Waals surface area contributed by atoms with Gasteiger partial charge in [-0.2, -0.15) is 0 Å². The van der Waals surface area contributed by atoms with Crippen molar-refractivity contribution in [2.45, 2.75) is 6.92 Å². The lowest BCUT2D eigenvalue weighted by atomic mass is 10.1. The molecule has 0 saturated heterocycles.